The van der Waals surface area contributed by atoms with E-state index < -0.39 is 0 Å². The first-order valence-corrected chi connectivity index (χ1v) is 9.03. The van der Waals surface area contributed by atoms with E-state index in [-0.39, 0.29) is 30.9 Å². The van der Waals surface area contributed by atoms with Crippen molar-refractivity contribution in [1.29, 1.82) is 0 Å². The van der Waals surface area contributed by atoms with Crippen molar-refractivity contribution in [3.63, 3.8) is 0 Å². The zero-order valence-corrected chi connectivity index (χ0v) is 13.2. The molecule has 0 spiro atoms. The molecule has 0 unspecified atom stereocenters. The summed E-state index contributed by atoms with van der Waals surface area (Å²) in [6, 6.07) is 2.55. The van der Waals surface area contributed by atoms with Crippen LogP contribution < -0.4 is 0 Å². The van der Waals surface area contributed by atoms with Crippen molar-refractivity contribution in [2.24, 2.45) is 0 Å². The molecule has 0 rings (SSSR count). The lowest BCUT2D eigenvalue weighted by Gasteiger charge is -2.14. The molecule has 0 fully saturated rings. The summed E-state index contributed by atoms with van der Waals surface area (Å²) in [4.78, 5) is 0. The number of ether oxygens (including phenoxy) is 4. The van der Waals surface area contributed by atoms with Gasteiger partial charge < -0.3 is 18.9 Å². The summed E-state index contributed by atoms with van der Waals surface area (Å²) in [7, 11) is 6.37. The van der Waals surface area contributed by atoms with Crippen molar-refractivity contribution in [1.82, 2.24) is 0 Å². The summed E-state index contributed by atoms with van der Waals surface area (Å²) in [6.45, 7) is 0. The minimum atomic E-state index is -0.236. The Labute approximate surface area is 97.3 Å². The smallest absolute Gasteiger partial charge is 0.134 e. The molecule has 92 valence electrons. The summed E-state index contributed by atoms with van der Waals surface area (Å²) in [6.07, 6.45) is 1.27. The van der Waals surface area contributed by atoms with Crippen molar-refractivity contribution in [3.8, 4) is 0 Å². The van der Waals surface area contributed by atoms with Gasteiger partial charge in [0, 0.05) is 28.4 Å². The fourth-order valence-corrected chi connectivity index (χ4v) is 5.06. The van der Waals surface area contributed by atoms with E-state index in [1.807, 2.05) is 0 Å². The van der Waals surface area contributed by atoms with E-state index in [0.29, 0.717) is 0 Å². The Bertz CT molecular complexity index is 115. The molecule has 0 saturated carbocycles. The second kappa shape index (κ2) is 10.8. The van der Waals surface area contributed by atoms with Gasteiger partial charge in [0.25, 0.3) is 0 Å². The van der Waals surface area contributed by atoms with Crippen LogP contribution >= 0.6 is 0 Å². The summed E-state index contributed by atoms with van der Waals surface area (Å²) in [5.74, 6) is 0.180. The monoisotopic (exact) mass is 252 g/mol. The molecule has 4 nitrogen and oxygen atoms in total. The summed E-state index contributed by atoms with van der Waals surface area (Å²) < 4.78 is 20.7. The molecule has 0 radical (unpaired) electrons. The molecule has 0 amide bonds. The van der Waals surface area contributed by atoms with Crippen molar-refractivity contribution >= 4 is 19.0 Å². The van der Waals surface area contributed by atoms with Gasteiger partial charge in [0.2, 0.25) is 0 Å². The van der Waals surface area contributed by atoms with Crippen molar-refractivity contribution in [2.45, 2.75) is 30.3 Å². The third-order valence-electron chi connectivity index (χ3n) is 2.43. The van der Waals surface area contributed by atoms with Gasteiger partial charge in [-0.05, 0) is 0 Å². The van der Waals surface area contributed by atoms with E-state index in [1.54, 1.807) is 28.4 Å². The molecule has 6 heteroatoms. The molecule has 0 N–H and O–H groups in total. The van der Waals surface area contributed by atoms with Crippen LogP contribution in [0.2, 0.25) is 12.1 Å². The SMILES string of the molecule is COC(OC)[SiH2]CCC[SiH2]C(OC)OC. The maximum absolute atomic E-state index is 5.17. The van der Waals surface area contributed by atoms with Gasteiger partial charge in [-0.2, -0.15) is 0 Å². The van der Waals surface area contributed by atoms with E-state index in [2.05, 4.69) is 0 Å². The number of methoxy groups -OCH3 is 4. The Kier molecular flexibility index (Phi) is 11.0. The molecule has 0 aromatic carbocycles. The standard InChI is InChI=1S/C9H24O4Si2/c1-10-8(11-2)14-6-5-7-15-9(12-3)13-4/h8-9H,5-7,14-15H2,1-4H3. The molecular weight excluding hydrogens is 228 g/mol. The Morgan fingerprint density at radius 2 is 1.07 bits per heavy atom. The van der Waals surface area contributed by atoms with Gasteiger partial charge in [-0.3, -0.25) is 0 Å². The fraction of sp³-hybridized carbons (Fsp3) is 1.00. The Morgan fingerprint density at radius 1 is 0.733 bits per heavy atom. The van der Waals surface area contributed by atoms with Gasteiger partial charge in [0.1, 0.15) is 11.8 Å². The molecule has 0 atom stereocenters. The van der Waals surface area contributed by atoms with Gasteiger partial charge in [0.15, 0.2) is 0 Å². The first kappa shape index (κ1) is 15.3. The average molecular weight is 252 g/mol. The van der Waals surface area contributed by atoms with Crippen LogP contribution in [0.4, 0.5) is 0 Å². The first-order chi connectivity index (χ1) is 7.28. The zero-order valence-electron chi connectivity index (χ0n) is 10.3. The molecule has 0 aromatic rings. The van der Waals surface area contributed by atoms with Gasteiger partial charge in [0.05, 0.1) is 19.0 Å². The Balaban J connectivity index is 3.30. The van der Waals surface area contributed by atoms with E-state index in [9.17, 15) is 0 Å². The quantitative estimate of drug-likeness (QED) is 0.304. The van der Waals surface area contributed by atoms with Gasteiger partial charge in [-0.25, -0.2) is 0 Å². The maximum atomic E-state index is 5.17. The first-order valence-electron chi connectivity index (χ1n) is 5.39. The molecule has 15 heavy (non-hydrogen) atoms. The van der Waals surface area contributed by atoms with Gasteiger partial charge >= 0.3 is 0 Å². The topological polar surface area (TPSA) is 36.9 Å². The highest BCUT2D eigenvalue weighted by Gasteiger charge is 2.07. The van der Waals surface area contributed by atoms with E-state index in [0.717, 1.165) is 0 Å². The van der Waals surface area contributed by atoms with Crippen LogP contribution in [0, 0.1) is 0 Å². The average Bonchev–Trinajstić information content (AvgIpc) is 2.29. The molecular formula is C9H24O4Si2. The highest BCUT2D eigenvalue weighted by Crippen LogP contribution is 2.02. The second-order valence-electron chi connectivity index (χ2n) is 3.44. The molecule has 0 aliphatic rings. The molecule has 0 heterocycles. The predicted molar refractivity (Wildman–Crippen MR) is 66.9 cm³/mol. The normalized spacial score (nSPS) is 13.2. The molecule has 0 saturated heterocycles. The lowest BCUT2D eigenvalue weighted by Crippen LogP contribution is -2.23. The van der Waals surface area contributed by atoms with Crippen LogP contribution in [0.3, 0.4) is 0 Å². The molecule has 0 aromatic heterocycles. The van der Waals surface area contributed by atoms with Crippen LogP contribution in [0.5, 0.6) is 0 Å². The Morgan fingerprint density at radius 3 is 1.33 bits per heavy atom. The van der Waals surface area contributed by atoms with Crippen LogP contribution in [-0.2, 0) is 18.9 Å². The van der Waals surface area contributed by atoms with Crippen molar-refractivity contribution < 1.29 is 18.9 Å². The Hall–Kier alpha value is 0.274. The third-order valence-corrected chi connectivity index (χ3v) is 6.52. The van der Waals surface area contributed by atoms with E-state index >= 15 is 0 Å². The van der Waals surface area contributed by atoms with Crippen molar-refractivity contribution in [3.05, 3.63) is 0 Å². The minimum absolute atomic E-state index is 0.0901. The maximum Gasteiger partial charge on any atom is 0.134 e. The predicted octanol–water partition coefficient (Wildman–Crippen LogP) is -0.297. The third kappa shape index (κ3) is 8.12. The van der Waals surface area contributed by atoms with Crippen LogP contribution in [0.15, 0.2) is 0 Å². The molecule has 0 aliphatic heterocycles. The minimum Gasteiger partial charge on any atom is -0.360 e. The van der Waals surface area contributed by atoms with Crippen LogP contribution in [0.1, 0.15) is 6.42 Å². The van der Waals surface area contributed by atoms with Crippen molar-refractivity contribution in [2.75, 3.05) is 28.4 Å². The van der Waals surface area contributed by atoms with E-state index in [1.165, 1.54) is 18.5 Å². The molecule has 0 bridgehead atoms. The second-order valence-corrected chi connectivity index (χ2v) is 7.34. The lowest BCUT2D eigenvalue weighted by molar-refractivity contribution is -0.0445. The zero-order chi connectivity index (χ0) is 11.5. The van der Waals surface area contributed by atoms with Gasteiger partial charge in [-0.15, -0.1) is 0 Å². The highest BCUT2D eigenvalue weighted by atomic mass is 28.2. The summed E-state index contributed by atoms with van der Waals surface area (Å²) in [5, 5.41) is 0. The largest absolute Gasteiger partial charge is 0.360 e. The fourth-order valence-electron chi connectivity index (χ4n) is 1.46. The van der Waals surface area contributed by atoms with E-state index in [4.69, 9.17) is 18.9 Å². The summed E-state index contributed by atoms with van der Waals surface area (Å²) in [5.41, 5.74) is 0. The van der Waals surface area contributed by atoms with Crippen LogP contribution in [-0.4, -0.2) is 59.3 Å². The number of rotatable bonds is 10. The molecule has 0 aliphatic carbocycles. The number of hydrogen-bond donors (Lipinski definition) is 0. The summed E-state index contributed by atoms with van der Waals surface area (Å²) >= 11 is 0. The van der Waals surface area contributed by atoms with Crippen LogP contribution in [0.25, 0.3) is 0 Å². The highest BCUT2D eigenvalue weighted by molar-refractivity contribution is 6.38. The van der Waals surface area contributed by atoms with Gasteiger partial charge in [-0.1, -0.05) is 18.5 Å². The lowest BCUT2D eigenvalue weighted by atomic mass is 10.6. The number of hydrogen-bond acceptors (Lipinski definition) is 4.